The van der Waals surface area contributed by atoms with Gasteiger partial charge in [0, 0.05) is 25.5 Å². The molecular weight excluding hydrogens is 342 g/mol. The summed E-state index contributed by atoms with van der Waals surface area (Å²) in [4.78, 5) is 14.2. The Hall–Kier alpha value is -2.78. The highest BCUT2D eigenvalue weighted by molar-refractivity contribution is 6.01. The molecule has 27 heavy (non-hydrogen) atoms. The molecule has 2 aromatic heterocycles. The minimum atomic E-state index is -0.332. The number of methoxy groups -OCH3 is 1. The monoisotopic (exact) mass is 369 g/mol. The van der Waals surface area contributed by atoms with E-state index in [9.17, 15) is 10.1 Å². The number of likely N-dealkylation sites (N-methyl/N-ethyl adjacent to an activating group) is 1. The van der Waals surface area contributed by atoms with Gasteiger partial charge in [-0.15, -0.1) is 0 Å². The van der Waals surface area contributed by atoms with Crippen LogP contribution in [0, 0.1) is 32.1 Å². The van der Waals surface area contributed by atoms with Crippen molar-refractivity contribution < 1.29 is 13.9 Å². The first-order valence-electron chi connectivity index (χ1n) is 8.88. The van der Waals surface area contributed by atoms with Crippen molar-refractivity contribution in [2.75, 3.05) is 20.8 Å². The van der Waals surface area contributed by atoms with Crippen molar-refractivity contribution in [2.45, 2.75) is 40.3 Å². The number of nitriles is 1. The van der Waals surface area contributed by atoms with Gasteiger partial charge in [-0.1, -0.05) is 0 Å². The molecule has 0 radical (unpaired) electrons. The maximum atomic E-state index is 12.7. The summed E-state index contributed by atoms with van der Waals surface area (Å²) >= 11 is 0. The van der Waals surface area contributed by atoms with Crippen LogP contribution in [0.5, 0.6) is 0 Å². The number of nitrogens with zero attached hydrogens (tertiary/aromatic N) is 3. The predicted molar refractivity (Wildman–Crippen MR) is 104 cm³/mol. The van der Waals surface area contributed by atoms with E-state index in [1.807, 2.05) is 45.0 Å². The van der Waals surface area contributed by atoms with Gasteiger partial charge in [0.1, 0.15) is 23.2 Å². The molecule has 0 saturated heterocycles. The van der Waals surface area contributed by atoms with Crippen molar-refractivity contribution in [1.29, 1.82) is 5.26 Å². The van der Waals surface area contributed by atoms with Crippen molar-refractivity contribution in [3.63, 3.8) is 0 Å². The zero-order valence-corrected chi connectivity index (χ0v) is 16.9. The molecule has 0 aliphatic rings. The van der Waals surface area contributed by atoms with Crippen LogP contribution in [-0.4, -0.2) is 36.1 Å². The lowest BCUT2D eigenvalue weighted by Crippen LogP contribution is -2.27. The average Bonchev–Trinajstić information content (AvgIpc) is 3.14. The lowest BCUT2D eigenvalue weighted by Gasteiger charge is -2.17. The van der Waals surface area contributed by atoms with E-state index in [-0.39, 0.29) is 17.5 Å². The molecule has 0 spiro atoms. The maximum Gasteiger partial charge on any atom is 0.264 e. The van der Waals surface area contributed by atoms with Gasteiger partial charge in [0.05, 0.1) is 19.2 Å². The van der Waals surface area contributed by atoms with E-state index in [0.29, 0.717) is 18.9 Å². The Kier molecular flexibility index (Phi) is 6.65. The van der Waals surface area contributed by atoms with Crippen LogP contribution < -0.4 is 0 Å². The predicted octanol–water partition coefficient (Wildman–Crippen LogP) is 3.78. The number of hydrogen-bond donors (Lipinski definition) is 0. The van der Waals surface area contributed by atoms with Crippen LogP contribution in [0.3, 0.4) is 0 Å². The van der Waals surface area contributed by atoms with Crippen LogP contribution in [-0.2, 0) is 16.1 Å². The Balaban J connectivity index is 2.26. The van der Waals surface area contributed by atoms with Gasteiger partial charge in [-0.2, -0.15) is 5.26 Å². The maximum absolute atomic E-state index is 12.7. The van der Waals surface area contributed by atoms with Gasteiger partial charge in [0.2, 0.25) is 0 Å². The van der Waals surface area contributed by atoms with E-state index >= 15 is 0 Å². The SMILES string of the molecule is COCC(C)n1c(C)cc(/C=C(/C#N)C(=O)N(C)Cc2ccc(C)o2)c1C. The Bertz CT molecular complexity index is 883. The van der Waals surface area contributed by atoms with Crippen molar-refractivity contribution in [3.05, 3.63) is 52.2 Å². The molecule has 2 rings (SSSR count). The molecule has 6 heteroatoms. The fraction of sp³-hybridized carbons (Fsp3) is 0.429. The normalized spacial score (nSPS) is 12.7. The summed E-state index contributed by atoms with van der Waals surface area (Å²) in [5.41, 5.74) is 3.03. The fourth-order valence-corrected chi connectivity index (χ4v) is 3.32. The highest BCUT2D eigenvalue weighted by atomic mass is 16.5. The molecule has 0 aliphatic heterocycles. The summed E-state index contributed by atoms with van der Waals surface area (Å²) in [6.45, 7) is 8.83. The van der Waals surface area contributed by atoms with Crippen LogP contribution >= 0.6 is 0 Å². The van der Waals surface area contributed by atoms with Gasteiger partial charge in [-0.25, -0.2) is 0 Å². The van der Waals surface area contributed by atoms with E-state index in [4.69, 9.17) is 9.15 Å². The summed E-state index contributed by atoms with van der Waals surface area (Å²) in [6, 6.07) is 7.88. The molecule has 0 bridgehead atoms. The summed E-state index contributed by atoms with van der Waals surface area (Å²) in [6.07, 6.45) is 1.66. The summed E-state index contributed by atoms with van der Waals surface area (Å²) < 4.78 is 12.9. The molecule has 144 valence electrons. The molecule has 0 N–H and O–H groups in total. The molecule has 2 aromatic rings. The molecule has 1 amide bonds. The first-order valence-corrected chi connectivity index (χ1v) is 8.88. The number of carbonyl (C=O) groups excluding carboxylic acids is 1. The van der Waals surface area contributed by atoms with E-state index in [1.165, 1.54) is 4.90 Å². The number of aryl methyl sites for hydroxylation is 2. The second kappa shape index (κ2) is 8.74. The smallest absolute Gasteiger partial charge is 0.264 e. The minimum absolute atomic E-state index is 0.0976. The van der Waals surface area contributed by atoms with Gasteiger partial charge in [-0.3, -0.25) is 4.79 Å². The highest BCUT2D eigenvalue weighted by Crippen LogP contribution is 2.23. The van der Waals surface area contributed by atoms with Gasteiger partial charge in [0.15, 0.2) is 0 Å². The van der Waals surface area contributed by atoms with Crippen LogP contribution in [0.15, 0.2) is 28.2 Å². The second-order valence-corrected chi connectivity index (χ2v) is 6.84. The third kappa shape index (κ3) is 4.69. The molecule has 0 aliphatic carbocycles. The number of amides is 1. The van der Waals surface area contributed by atoms with E-state index in [1.54, 1.807) is 20.2 Å². The standard InChI is InChI=1S/C21H27N3O3/c1-14-9-18(17(4)24(14)15(2)13-26-6)10-19(11-22)21(25)23(5)12-20-8-7-16(3)27-20/h7-10,15H,12-13H2,1-6H3/b19-10-. The molecule has 2 heterocycles. The molecule has 0 saturated carbocycles. The van der Waals surface area contributed by atoms with Crippen LogP contribution in [0.1, 0.15) is 41.4 Å². The number of carbonyl (C=O) groups is 1. The number of hydrogen-bond acceptors (Lipinski definition) is 4. The molecule has 1 atom stereocenters. The Labute approximate surface area is 160 Å². The quantitative estimate of drug-likeness (QED) is 0.550. The fourth-order valence-electron chi connectivity index (χ4n) is 3.32. The molecule has 0 aromatic carbocycles. The summed E-state index contributed by atoms with van der Waals surface area (Å²) in [7, 11) is 3.34. The van der Waals surface area contributed by atoms with Crippen LogP contribution in [0.2, 0.25) is 0 Å². The zero-order chi connectivity index (χ0) is 20.1. The summed E-state index contributed by atoms with van der Waals surface area (Å²) in [5, 5.41) is 9.52. The van der Waals surface area contributed by atoms with Gasteiger partial charge >= 0.3 is 0 Å². The van der Waals surface area contributed by atoms with Crippen molar-refractivity contribution >= 4 is 12.0 Å². The Morgan fingerprint density at radius 3 is 2.67 bits per heavy atom. The Morgan fingerprint density at radius 2 is 2.11 bits per heavy atom. The topological polar surface area (TPSA) is 71.4 Å². The third-order valence-electron chi connectivity index (χ3n) is 4.56. The van der Waals surface area contributed by atoms with Gasteiger partial charge < -0.3 is 18.6 Å². The molecule has 6 nitrogen and oxygen atoms in total. The zero-order valence-electron chi connectivity index (χ0n) is 16.9. The van der Waals surface area contributed by atoms with Crippen LogP contribution in [0.4, 0.5) is 0 Å². The molecular formula is C21H27N3O3. The Morgan fingerprint density at radius 1 is 1.41 bits per heavy atom. The number of aromatic nitrogens is 1. The second-order valence-electron chi connectivity index (χ2n) is 6.84. The largest absolute Gasteiger partial charge is 0.464 e. The van der Waals surface area contributed by atoms with Crippen molar-refractivity contribution in [1.82, 2.24) is 9.47 Å². The van der Waals surface area contributed by atoms with E-state index in [2.05, 4.69) is 11.5 Å². The van der Waals surface area contributed by atoms with E-state index < -0.39 is 0 Å². The summed E-state index contributed by atoms with van der Waals surface area (Å²) in [5.74, 6) is 1.15. The van der Waals surface area contributed by atoms with Gasteiger partial charge in [0.25, 0.3) is 5.91 Å². The van der Waals surface area contributed by atoms with Gasteiger partial charge in [-0.05, 0) is 57.5 Å². The van der Waals surface area contributed by atoms with Crippen LogP contribution in [0.25, 0.3) is 6.08 Å². The van der Waals surface area contributed by atoms with Crippen molar-refractivity contribution in [2.24, 2.45) is 0 Å². The first-order chi connectivity index (χ1) is 12.8. The first kappa shape index (κ1) is 20.5. The molecule has 1 unspecified atom stereocenters. The number of ether oxygens (including phenoxy) is 1. The lowest BCUT2D eigenvalue weighted by atomic mass is 10.1. The highest BCUT2D eigenvalue weighted by Gasteiger charge is 2.19. The van der Waals surface area contributed by atoms with Crippen molar-refractivity contribution in [3.8, 4) is 6.07 Å². The average molecular weight is 369 g/mol. The minimum Gasteiger partial charge on any atom is -0.464 e. The number of rotatable bonds is 7. The van der Waals surface area contributed by atoms with E-state index in [0.717, 1.165) is 22.7 Å². The molecule has 0 fully saturated rings. The lowest BCUT2D eigenvalue weighted by molar-refractivity contribution is -0.126. The number of furan rings is 1. The third-order valence-corrected chi connectivity index (χ3v) is 4.56.